The van der Waals surface area contributed by atoms with Gasteiger partial charge in [0.25, 0.3) is 0 Å². The molecule has 0 radical (unpaired) electrons. The van der Waals surface area contributed by atoms with Crippen molar-refractivity contribution in [3.05, 3.63) is 45.7 Å². The average molecular weight is 275 g/mol. The van der Waals surface area contributed by atoms with E-state index < -0.39 is 0 Å². The Hall–Kier alpha value is -1.26. The zero-order valence-electron chi connectivity index (χ0n) is 11.8. The van der Waals surface area contributed by atoms with Crippen LogP contribution >= 0.6 is 11.3 Å². The molecule has 2 heterocycles. The van der Waals surface area contributed by atoms with E-state index in [0.29, 0.717) is 0 Å². The molecule has 0 aliphatic heterocycles. The summed E-state index contributed by atoms with van der Waals surface area (Å²) < 4.78 is 0. The Balaban J connectivity index is 2.13. The van der Waals surface area contributed by atoms with Crippen molar-refractivity contribution in [2.75, 3.05) is 6.54 Å². The molecule has 2 rings (SSSR count). The first-order chi connectivity index (χ1) is 9.22. The zero-order valence-corrected chi connectivity index (χ0v) is 12.6. The maximum atomic E-state index is 4.45. The van der Waals surface area contributed by atoms with E-state index in [4.69, 9.17) is 0 Å². The first-order valence-corrected chi connectivity index (χ1v) is 7.64. The lowest BCUT2D eigenvalue weighted by atomic mass is 10.1. The number of hydrogen-bond acceptors (Lipinski definition) is 4. The molecule has 19 heavy (non-hydrogen) atoms. The highest BCUT2D eigenvalue weighted by molar-refractivity contribution is 7.11. The summed E-state index contributed by atoms with van der Waals surface area (Å²) in [5.41, 5.74) is 1.10. The fourth-order valence-corrected chi connectivity index (χ4v) is 3.01. The molecule has 0 amide bonds. The largest absolute Gasteiger partial charge is 0.307 e. The minimum absolute atomic E-state index is 0.203. The lowest BCUT2D eigenvalue weighted by molar-refractivity contribution is 0.524. The van der Waals surface area contributed by atoms with Gasteiger partial charge >= 0.3 is 0 Å². The van der Waals surface area contributed by atoms with E-state index in [2.05, 4.69) is 41.3 Å². The molecule has 3 nitrogen and oxygen atoms in total. The van der Waals surface area contributed by atoms with Gasteiger partial charge < -0.3 is 5.32 Å². The molecule has 2 aromatic rings. The number of hydrogen-bond donors (Lipinski definition) is 1. The Bertz CT molecular complexity index is 504. The molecule has 1 atom stereocenters. The molecule has 0 bridgehead atoms. The van der Waals surface area contributed by atoms with Crippen LogP contribution in [0.1, 0.15) is 41.0 Å². The van der Waals surface area contributed by atoms with Crippen LogP contribution in [0.15, 0.2) is 24.5 Å². The Morgan fingerprint density at radius 1 is 1.16 bits per heavy atom. The van der Waals surface area contributed by atoms with Gasteiger partial charge in [-0.05, 0) is 37.6 Å². The quantitative estimate of drug-likeness (QED) is 0.879. The monoisotopic (exact) mass is 275 g/mol. The first-order valence-electron chi connectivity index (χ1n) is 6.82. The highest BCUT2D eigenvalue weighted by Gasteiger charge is 2.15. The standard InChI is InChI=1S/C15H21N3S/c1-4-12-6-7-13(19-12)8-14(16-5-2)15-17-9-11(3)10-18-15/h6-7,9-10,14,16H,4-5,8H2,1-3H3. The maximum absolute atomic E-state index is 4.45. The molecule has 0 aliphatic rings. The summed E-state index contributed by atoms with van der Waals surface area (Å²) in [6.45, 7) is 7.25. The van der Waals surface area contributed by atoms with Crippen LogP contribution in [-0.4, -0.2) is 16.5 Å². The summed E-state index contributed by atoms with van der Waals surface area (Å²) >= 11 is 1.89. The highest BCUT2D eigenvalue weighted by Crippen LogP contribution is 2.22. The number of nitrogens with zero attached hydrogens (tertiary/aromatic N) is 2. The van der Waals surface area contributed by atoms with Crippen molar-refractivity contribution in [1.82, 2.24) is 15.3 Å². The van der Waals surface area contributed by atoms with Gasteiger partial charge in [0.15, 0.2) is 0 Å². The van der Waals surface area contributed by atoms with Gasteiger partial charge in [-0.2, -0.15) is 0 Å². The summed E-state index contributed by atoms with van der Waals surface area (Å²) in [7, 11) is 0. The number of likely N-dealkylation sites (N-methyl/N-ethyl adjacent to an activating group) is 1. The molecule has 4 heteroatoms. The van der Waals surface area contributed by atoms with E-state index in [0.717, 1.165) is 30.8 Å². The minimum Gasteiger partial charge on any atom is -0.307 e. The SMILES string of the molecule is CCNC(Cc1ccc(CC)s1)c1ncc(C)cn1. The number of aryl methyl sites for hydroxylation is 2. The molecular weight excluding hydrogens is 254 g/mol. The van der Waals surface area contributed by atoms with Crippen molar-refractivity contribution in [1.29, 1.82) is 0 Å². The van der Waals surface area contributed by atoms with Gasteiger partial charge in [0.2, 0.25) is 0 Å². The molecule has 0 saturated carbocycles. The van der Waals surface area contributed by atoms with Crippen LogP contribution < -0.4 is 5.32 Å². The molecule has 1 unspecified atom stereocenters. The number of aromatic nitrogens is 2. The minimum atomic E-state index is 0.203. The van der Waals surface area contributed by atoms with Gasteiger partial charge in [-0.15, -0.1) is 11.3 Å². The van der Waals surface area contributed by atoms with E-state index in [1.54, 1.807) is 0 Å². The second-order valence-corrected chi connectivity index (χ2v) is 5.91. The van der Waals surface area contributed by atoms with Crippen molar-refractivity contribution in [2.45, 2.75) is 39.7 Å². The van der Waals surface area contributed by atoms with Gasteiger partial charge in [0.05, 0.1) is 6.04 Å². The summed E-state index contributed by atoms with van der Waals surface area (Å²) in [5, 5.41) is 3.48. The highest BCUT2D eigenvalue weighted by atomic mass is 32.1. The van der Waals surface area contributed by atoms with Crippen LogP contribution in [0.4, 0.5) is 0 Å². The number of rotatable bonds is 6. The second kappa shape index (κ2) is 6.78. The smallest absolute Gasteiger partial charge is 0.145 e. The third kappa shape index (κ3) is 3.85. The van der Waals surface area contributed by atoms with Crippen molar-refractivity contribution in [3.63, 3.8) is 0 Å². The van der Waals surface area contributed by atoms with Gasteiger partial charge in [-0.25, -0.2) is 9.97 Å². The molecule has 2 aromatic heterocycles. The summed E-state index contributed by atoms with van der Waals surface area (Å²) in [5.74, 6) is 0.888. The van der Waals surface area contributed by atoms with Gasteiger partial charge in [-0.1, -0.05) is 13.8 Å². The number of thiophene rings is 1. The first kappa shape index (κ1) is 14.2. The molecule has 0 aromatic carbocycles. The normalized spacial score (nSPS) is 12.6. The number of nitrogens with one attached hydrogen (secondary N) is 1. The van der Waals surface area contributed by atoms with Crippen molar-refractivity contribution in [2.24, 2.45) is 0 Å². The molecule has 1 N–H and O–H groups in total. The van der Waals surface area contributed by atoms with Crippen LogP contribution in [0, 0.1) is 6.92 Å². The van der Waals surface area contributed by atoms with Crippen molar-refractivity contribution < 1.29 is 0 Å². The fraction of sp³-hybridized carbons (Fsp3) is 0.467. The molecule has 102 valence electrons. The van der Waals surface area contributed by atoms with Crippen LogP contribution in [0.25, 0.3) is 0 Å². The Morgan fingerprint density at radius 3 is 2.42 bits per heavy atom. The average Bonchev–Trinajstić information content (AvgIpc) is 2.87. The topological polar surface area (TPSA) is 37.8 Å². The summed E-state index contributed by atoms with van der Waals surface area (Å²) in [4.78, 5) is 11.7. The predicted molar refractivity (Wildman–Crippen MR) is 80.6 cm³/mol. The van der Waals surface area contributed by atoms with Gasteiger partial charge in [0, 0.05) is 28.6 Å². The molecule has 0 saturated heterocycles. The van der Waals surface area contributed by atoms with Crippen molar-refractivity contribution in [3.8, 4) is 0 Å². The predicted octanol–water partition coefficient (Wildman–Crippen LogP) is 3.30. The van der Waals surface area contributed by atoms with Gasteiger partial charge in [0.1, 0.15) is 5.82 Å². The molecule has 0 spiro atoms. The third-order valence-electron chi connectivity index (χ3n) is 3.03. The van der Waals surface area contributed by atoms with Crippen LogP contribution in [0.2, 0.25) is 0 Å². The van der Waals surface area contributed by atoms with E-state index in [-0.39, 0.29) is 6.04 Å². The lowest BCUT2D eigenvalue weighted by Crippen LogP contribution is -2.24. The lowest BCUT2D eigenvalue weighted by Gasteiger charge is -2.15. The van der Waals surface area contributed by atoms with E-state index in [9.17, 15) is 0 Å². The van der Waals surface area contributed by atoms with Crippen molar-refractivity contribution >= 4 is 11.3 Å². The Labute approximate surface area is 119 Å². The van der Waals surface area contributed by atoms with Crippen LogP contribution in [0.5, 0.6) is 0 Å². The zero-order chi connectivity index (χ0) is 13.7. The third-order valence-corrected chi connectivity index (χ3v) is 4.29. The van der Waals surface area contributed by atoms with Crippen LogP contribution in [0.3, 0.4) is 0 Å². The summed E-state index contributed by atoms with van der Waals surface area (Å²) in [6, 6.07) is 4.65. The van der Waals surface area contributed by atoms with E-state index >= 15 is 0 Å². The second-order valence-electron chi connectivity index (χ2n) is 4.65. The molecule has 0 aliphatic carbocycles. The Morgan fingerprint density at radius 2 is 1.84 bits per heavy atom. The molecular formula is C15H21N3S. The van der Waals surface area contributed by atoms with Gasteiger partial charge in [-0.3, -0.25) is 0 Å². The summed E-state index contributed by atoms with van der Waals surface area (Å²) in [6.07, 6.45) is 5.84. The maximum Gasteiger partial charge on any atom is 0.145 e. The van der Waals surface area contributed by atoms with E-state index in [1.807, 2.05) is 30.7 Å². The van der Waals surface area contributed by atoms with E-state index in [1.165, 1.54) is 9.75 Å². The molecule has 0 fully saturated rings. The Kier molecular flexibility index (Phi) is 5.05. The van der Waals surface area contributed by atoms with Crippen LogP contribution in [-0.2, 0) is 12.8 Å². The fourth-order valence-electron chi connectivity index (χ4n) is 2.01.